The highest BCUT2D eigenvalue weighted by atomic mass is 16.2. The maximum atomic E-state index is 12.4. The fraction of sp³-hybridized carbons (Fsp3) is 0.857. The number of rotatable bonds is 2. The summed E-state index contributed by atoms with van der Waals surface area (Å²) in [4.78, 5) is 28.1. The number of nitrogens with zero attached hydrogens (tertiary/aromatic N) is 2. The Hall–Kier alpha value is -1.14. The summed E-state index contributed by atoms with van der Waals surface area (Å²) in [5, 5.41) is 5.77. The van der Waals surface area contributed by atoms with E-state index in [0.717, 1.165) is 19.5 Å². The van der Waals surface area contributed by atoms with E-state index in [2.05, 4.69) is 15.5 Å². The summed E-state index contributed by atoms with van der Waals surface area (Å²) in [7, 11) is 0. The third-order valence-corrected chi connectivity index (χ3v) is 4.69. The molecule has 2 atom stereocenters. The number of carbonyl (C=O) groups excluding carboxylic acids is 2. The van der Waals surface area contributed by atoms with Crippen molar-refractivity contribution >= 4 is 11.8 Å². The molecule has 2 N–H and O–H groups in total. The van der Waals surface area contributed by atoms with Crippen LogP contribution in [0.3, 0.4) is 0 Å². The summed E-state index contributed by atoms with van der Waals surface area (Å²) >= 11 is 0. The maximum Gasteiger partial charge on any atom is 0.241 e. The fourth-order valence-electron chi connectivity index (χ4n) is 3.49. The van der Waals surface area contributed by atoms with Crippen molar-refractivity contribution in [1.29, 1.82) is 0 Å². The largest absolute Gasteiger partial charge is 0.353 e. The Morgan fingerprint density at radius 1 is 1.15 bits per heavy atom. The van der Waals surface area contributed by atoms with Gasteiger partial charge in [-0.2, -0.15) is 0 Å². The zero-order valence-corrected chi connectivity index (χ0v) is 11.9. The Labute approximate surface area is 119 Å². The normalized spacial score (nSPS) is 32.2. The van der Waals surface area contributed by atoms with Gasteiger partial charge in [0, 0.05) is 25.7 Å². The predicted molar refractivity (Wildman–Crippen MR) is 75.2 cm³/mol. The van der Waals surface area contributed by atoms with Crippen molar-refractivity contribution in [3.63, 3.8) is 0 Å². The van der Waals surface area contributed by atoms with E-state index in [1.165, 1.54) is 32.4 Å². The zero-order chi connectivity index (χ0) is 13.9. The average molecular weight is 280 g/mol. The van der Waals surface area contributed by atoms with E-state index in [9.17, 15) is 9.59 Å². The molecule has 3 fully saturated rings. The van der Waals surface area contributed by atoms with Gasteiger partial charge < -0.3 is 10.2 Å². The quantitative estimate of drug-likeness (QED) is 0.692. The third-order valence-electron chi connectivity index (χ3n) is 4.69. The Bertz CT molecular complexity index is 371. The monoisotopic (exact) mass is 280 g/mol. The van der Waals surface area contributed by atoms with Gasteiger partial charge in [-0.1, -0.05) is 6.42 Å². The van der Waals surface area contributed by atoms with E-state index in [-0.39, 0.29) is 24.4 Å². The Kier molecular flexibility index (Phi) is 4.21. The highest BCUT2D eigenvalue weighted by molar-refractivity contribution is 5.87. The number of hydrogen-bond donors (Lipinski definition) is 2. The molecule has 0 aliphatic carbocycles. The van der Waals surface area contributed by atoms with Gasteiger partial charge in [0.1, 0.15) is 6.04 Å². The van der Waals surface area contributed by atoms with Gasteiger partial charge in [0.15, 0.2) is 0 Å². The van der Waals surface area contributed by atoms with Crippen LogP contribution in [0.2, 0.25) is 0 Å². The summed E-state index contributed by atoms with van der Waals surface area (Å²) in [6.07, 6.45) is 5.02. The van der Waals surface area contributed by atoms with E-state index < -0.39 is 0 Å². The van der Waals surface area contributed by atoms with Crippen LogP contribution < -0.4 is 10.6 Å². The Morgan fingerprint density at radius 3 is 2.65 bits per heavy atom. The second-order valence-electron chi connectivity index (χ2n) is 6.06. The lowest BCUT2D eigenvalue weighted by Crippen LogP contribution is -2.58. The standard InChI is InChI=1S/C14H24N4O2/c19-13-9-15-12(8-16-13)14(20)18-7-4-11(10-18)17-5-2-1-3-6-17/h11-12,15H,1-10H2,(H,16,19). The van der Waals surface area contributed by atoms with Crippen LogP contribution >= 0.6 is 0 Å². The molecule has 0 saturated carbocycles. The van der Waals surface area contributed by atoms with Gasteiger partial charge in [0.05, 0.1) is 6.54 Å². The van der Waals surface area contributed by atoms with Gasteiger partial charge in [0.2, 0.25) is 11.8 Å². The molecule has 2 unspecified atom stereocenters. The lowest BCUT2D eigenvalue weighted by atomic mass is 10.1. The smallest absolute Gasteiger partial charge is 0.241 e. The molecule has 2 amide bonds. The molecule has 3 rings (SSSR count). The van der Waals surface area contributed by atoms with Crippen LogP contribution in [-0.2, 0) is 9.59 Å². The number of nitrogens with one attached hydrogen (secondary N) is 2. The van der Waals surface area contributed by atoms with Gasteiger partial charge >= 0.3 is 0 Å². The zero-order valence-electron chi connectivity index (χ0n) is 11.9. The predicted octanol–water partition coefficient (Wildman–Crippen LogP) is -0.839. The summed E-state index contributed by atoms with van der Waals surface area (Å²) in [6.45, 7) is 4.74. The minimum absolute atomic E-state index is 0.0262. The van der Waals surface area contributed by atoms with Crippen molar-refractivity contribution in [2.24, 2.45) is 0 Å². The Balaban J connectivity index is 1.51. The molecule has 0 aromatic rings. The number of amides is 2. The lowest BCUT2D eigenvalue weighted by molar-refractivity contribution is -0.134. The molecular formula is C14H24N4O2. The minimum Gasteiger partial charge on any atom is -0.353 e. The van der Waals surface area contributed by atoms with Crippen LogP contribution in [0.15, 0.2) is 0 Å². The lowest BCUT2D eigenvalue weighted by Gasteiger charge is -2.32. The third kappa shape index (κ3) is 2.96. The molecule has 20 heavy (non-hydrogen) atoms. The van der Waals surface area contributed by atoms with Crippen molar-refractivity contribution in [2.45, 2.75) is 37.8 Å². The molecule has 0 aromatic carbocycles. The van der Waals surface area contributed by atoms with Gasteiger partial charge in [-0.25, -0.2) is 0 Å². The van der Waals surface area contributed by atoms with Crippen LogP contribution in [0, 0.1) is 0 Å². The van der Waals surface area contributed by atoms with Gasteiger partial charge in [-0.3, -0.25) is 19.8 Å². The molecule has 0 aromatic heterocycles. The van der Waals surface area contributed by atoms with Crippen LogP contribution in [-0.4, -0.2) is 73.0 Å². The molecule has 6 nitrogen and oxygen atoms in total. The average Bonchev–Trinajstić information content (AvgIpc) is 2.98. The SMILES string of the molecule is O=C1CNC(C(=O)N2CCC(N3CCCCC3)C2)CN1. The molecule has 0 bridgehead atoms. The van der Waals surface area contributed by atoms with Gasteiger partial charge in [-0.15, -0.1) is 0 Å². The molecule has 3 aliphatic rings. The van der Waals surface area contributed by atoms with Gasteiger partial charge in [0.25, 0.3) is 0 Å². The fourth-order valence-corrected chi connectivity index (χ4v) is 3.49. The van der Waals surface area contributed by atoms with Crippen molar-refractivity contribution in [2.75, 3.05) is 39.3 Å². The van der Waals surface area contributed by atoms with E-state index in [0.29, 0.717) is 12.6 Å². The molecule has 0 spiro atoms. The molecular weight excluding hydrogens is 256 g/mol. The van der Waals surface area contributed by atoms with Crippen molar-refractivity contribution in [3.05, 3.63) is 0 Å². The van der Waals surface area contributed by atoms with Crippen LogP contribution in [0.25, 0.3) is 0 Å². The molecule has 3 saturated heterocycles. The highest BCUT2D eigenvalue weighted by Gasteiger charge is 2.34. The minimum atomic E-state index is -0.243. The molecule has 6 heteroatoms. The van der Waals surface area contributed by atoms with Crippen molar-refractivity contribution in [3.8, 4) is 0 Å². The number of piperazine rings is 1. The van der Waals surface area contributed by atoms with Crippen LogP contribution in [0.1, 0.15) is 25.7 Å². The van der Waals surface area contributed by atoms with Gasteiger partial charge in [-0.05, 0) is 32.4 Å². The second-order valence-corrected chi connectivity index (χ2v) is 6.06. The van der Waals surface area contributed by atoms with Crippen LogP contribution in [0.4, 0.5) is 0 Å². The topological polar surface area (TPSA) is 64.7 Å². The number of hydrogen-bond acceptors (Lipinski definition) is 4. The first-order valence-corrected chi connectivity index (χ1v) is 7.77. The van der Waals surface area contributed by atoms with E-state index in [1.807, 2.05) is 4.90 Å². The van der Waals surface area contributed by atoms with E-state index in [4.69, 9.17) is 0 Å². The number of carbonyl (C=O) groups is 2. The number of likely N-dealkylation sites (tertiary alicyclic amines) is 2. The first-order valence-electron chi connectivity index (χ1n) is 7.77. The summed E-state index contributed by atoms with van der Waals surface area (Å²) in [5.41, 5.74) is 0. The van der Waals surface area contributed by atoms with Crippen molar-refractivity contribution in [1.82, 2.24) is 20.4 Å². The molecule has 112 valence electrons. The first kappa shape index (κ1) is 13.8. The maximum absolute atomic E-state index is 12.4. The van der Waals surface area contributed by atoms with Crippen molar-refractivity contribution < 1.29 is 9.59 Å². The molecule has 0 radical (unpaired) electrons. The van der Waals surface area contributed by atoms with Crippen LogP contribution in [0.5, 0.6) is 0 Å². The summed E-state index contributed by atoms with van der Waals surface area (Å²) < 4.78 is 0. The van der Waals surface area contributed by atoms with E-state index >= 15 is 0 Å². The molecule has 3 aliphatic heterocycles. The van der Waals surface area contributed by atoms with E-state index in [1.54, 1.807) is 0 Å². The summed E-state index contributed by atoms with van der Waals surface area (Å²) in [6, 6.07) is 0.297. The number of piperidine rings is 1. The second kappa shape index (κ2) is 6.10. The highest BCUT2D eigenvalue weighted by Crippen LogP contribution is 2.20. The Morgan fingerprint density at radius 2 is 1.95 bits per heavy atom. The molecule has 3 heterocycles. The summed E-state index contributed by atoms with van der Waals surface area (Å²) in [5.74, 6) is 0.117. The first-order chi connectivity index (χ1) is 9.74.